The highest BCUT2D eigenvalue weighted by molar-refractivity contribution is 7.89. The number of carbonyl (C=O) groups is 1. The lowest BCUT2D eigenvalue weighted by atomic mass is 9.74. The molecule has 4 rings (SSSR count). The summed E-state index contributed by atoms with van der Waals surface area (Å²) in [6.07, 6.45) is 6.28. The Morgan fingerprint density at radius 2 is 1.97 bits per heavy atom. The highest BCUT2D eigenvalue weighted by Gasteiger charge is 2.28. The number of aliphatic carboxylic acids is 1. The Hall–Kier alpha value is -3.11. The first kappa shape index (κ1) is 22.1. The minimum Gasteiger partial charge on any atom is -0.481 e. The number of aromatic nitrogens is 3. The molecule has 3 aromatic rings. The van der Waals surface area contributed by atoms with E-state index in [4.69, 9.17) is 9.63 Å². The lowest BCUT2D eigenvalue weighted by Crippen LogP contribution is -2.26. The number of benzene rings is 1. The van der Waals surface area contributed by atoms with Crippen LogP contribution in [0.15, 0.2) is 46.1 Å². The van der Waals surface area contributed by atoms with Crippen molar-refractivity contribution in [1.82, 2.24) is 19.8 Å². The number of carboxylic acid groups (broad SMARTS) is 1. The minimum absolute atomic E-state index is 0.0271. The molecule has 32 heavy (non-hydrogen) atoms. The molecule has 0 atom stereocenters. The Morgan fingerprint density at radius 3 is 2.69 bits per heavy atom. The first-order valence-corrected chi connectivity index (χ1v) is 11.7. The Bertz CT molecular complexity index is 1250. The van der Waals surface area contributed by atoms with Gasteiger partial charge in [-0.3, -0.25) is 9.78 Å². The molecule has 0 bridgehead atoms. The molecule has 0 saturated carbocycles. The van der Waals surface area contributed by atoms with Gasteiger partial charge in [-0.2, -0.15) is 4.98 Å². The Labute approximate surface area is 185 Å². The molecule has 2 heterocycles. The van der Waals surface area contributed by atoms with Crippen LogP contribution in [-0.2, 0) is 27.7 Å². The van der Waals surface area contributed by atoms with Crippen LogP contribution in [0.4, 0.5) is 0 Å². The molecule has 0 unspecified atom stereocenters. The Balaban J connectivity index is 1.55. The van der Waals surface area contributed by atoms with Gasteiger partial charge in [0.25, 0.3) is 5.89 Å². The van der Waals surface area contributed by atoms with Gasteiger partial charge in [-0.05, 0) is 60.1 Å². The van der Waals surface area contributed by atoms with Gasteiger partial charge in [0.1, 0.15) is 0 Å². The summed E-state index contributed by atoms with van der Waals surface area (Å²) < 4.78 is 32.3. The molecule has 10 heteroatoms. The fourth-order valence-corrected chi connectivity index (χ4v) is 4.87. The summed E-state index contributed by atoms with van der Waals surface area (Å²) in [6, 6.07) is 6.01. The van der Waals surface area contributed by atoms with Gasteiger partial charge in [0.15, 0.2) is 0 Å². The molecule has 0 saturated heterocycles. The van der Waals surface area contributed by atoms with Crippen molar-refractivity contribution < 1.29 is 22.8 Å². The summed E-state index contributed by atoms with van der Waals surface area (Å²) in [7, 11) is -3.80. The number of carboxylic acids is 1. The second kappa shape index (κ2) is 8.44. The van der Waals surface area contributed by atoms with Gasteiger partial charge in [-0.15, -0.1) is 0 Å². The van der Waals surface area contributed by atoms with Gasteiger partial charge in [0.2, 0.25) is 15.8 Å². The largest absolute Gasteiger partial charge is 0.481 e. The van der Waals surface area contributed by atoms with Crippen molar-refractivity contribution >= 4 is 16.0 Å². The predicted octanol–water partition coefficient (Wildman–Crippen LogP) is 3.07. The van der Waals surface area contributed by atoms with Crippen molar-refractivity contribution in [3.8, 4) is 22.8 Å². The molecule has 0 fully saturated rings. The zero-order chi connectivity index (χ0) is 22.9. The number of pyridine rings is 1. The zero-order valence-electron chi connectivity index (χ0n) is 17.8. The number of sulfonamides is 1. The number of hydrogen-bond donors (Lipinski definition) is 2. The number of fused-ring (bicyclic) bond motifs is 1. The van der Waals surface area contributed by atoms with E-state index in [-0.39, 0.29) is 23.3 Å². The van der Waals surface area contributed by atoms with E-state index in [0.29, 0.717) is 17.3 Å². The Morgan fingerprint density at radius 1 is 1.22 bits per heavy atom. The third kappa shape index (κ3) is 4.71. The van der Waals surface area contributed by atoms with Gasteiger partial charge in [-0.1, -0.05) is 19.0 Å². The van der Waals surface area contributed by atoms with Crippen LogP contribution in [0.1, 0.15) is 37.8 Å². The van der Waals surface area contributed by atoms with Gasteiger partial charge in [-0.25, -0.2) is 13.1 Å². The molecule has 1 aromatic carbocycles. The average Bonchev–Trinajstić information content (AvgIpc) is 3.22. The van der Waals surface area contributed by atoms with Crippen LogP contribution in [0.5, 0.6) is 0 Å². The van der Waals surface area contributed by atoms with Crippen molar-refractivity contribution in [2.45, 2.75) is 44.4 Å². The number of rotatable bonds is 7. The number of nitrogens with zero attached hydrogens (tertiary/aromatic N) is 3. The van der Waals surface area contributed by atoms with Crippen LogP contribution in [0, 0.1) is 5.41 Å². The van der Waals surface area contributed by atoms with Crippen LogP contribution in [0.25, 0.3) is 22.8 Å². The van der Waals surface area contributed by atoms with E-state index in [9.17, 15) is 13.2 Å². The smallest absolute Gasteiger partial charge is 0.304 e. The summed E-state index contributed by atoms with van der Waals surface area (Å²) in [4.78, 5) is 19.5. The van der Waals surface area contributed by atoms with Crippen molar-refractivity contribution in [3.05, 3.63) is 47.8 Å². The van der Waals surface area contributed by atoms with E-state index < -0.39 is 16.0 Å². The zero-order valence-corrected chi connectivity index (χ0v) is 18.6. The first-order valence-electron chi connectivity index (χ1n) is 10.3. The second-order valence-electron chi connectivity index (χ2n) is 8.65. The maximum atomic E-state index is 12.3. The van der Waals surface area contributed by atoms with Crippen molar-refractivity contribution in [3.63, 3.8) is 0 Å². The maximum absolute atomic E-state index is 12.3. The van der Waals surface area contributed by atoms with Crippen LogP contribution in [-0.4, -0.2) is 41.2 Å². The topological polar surface area (TPSA) is 135 Å². The van der Waals surface area contributed by atoms with E-state index in [0.717, 1.165) is 24.8 Å². The monoisotopic (exact) mass is 456 g/mol. The fourth-order valence-electron chi connectivity index (χ4n) is 3.84. The maximum Gasteiger partial charge on any atom is 0.304 e. The van der Waals surface area contributed by atoms with Crippen LogP contribution in [0.2, 0.25) is 0 Å². The molecule has 9 nitrogen and oxygen atoms in total. The lowest BCUT2D eigenvalue weighted by molar-refractivity contribution is -0.136. The quantitative estimate of drug-likeness (QED) is 0.554. The molecule has 2 N–H and O–H groups in total. The minimum atomic E-state index is -3.80. The molecule has 0 amide bonds. The van der Waals surface area contributed by atoms with Crippen molar-refractivity contribution in [2.24, 2.45) is 5.41 Å². The SMILES string of the molecule is CC1(C)CCc2c(cncc2-c2nc(-c3ccc(S(=O)(=O)NCCC(=O)O)cc3)no2)C1. The van der Waals surface area contributed by atoms with Crippen LogP contribution >= 0.6 is 0 Å². The number of hydrogen-bond acceptors (Lipinski definition) is 7. The second-order valence-corrected chi connectivity index (χ2v) is 10.4. The molecule has 168 valence electrons. The van der Waals surface area contributed by atoms with Gasteiger partial charge < -0.3 is 9.63 Å². The normalized spacial score (nSPS) is 15.3. The van der Waals surface area contributed by atoms with Crippen LogP contribution in [0.3, 0.4) is 0 Å². The predicted molar refractivity (Wildman–Crippen MR) is 116 cm³/mol. The van der Waals surface area contributed by atoms with Crippen molar-refractivity contribution in [1.29, 1.82) is 0 Å². The van der Waals surface area contributed by atoms with Gasteiger partial charge in [0.05, 0.1) is 16.9 Å². The third-order valence-corrected chi connectivity index (χ3v) is 7.05. The van der Waals surface area contributed by atoms with Gasteiger partial charge in [0, 0.05) is 24.5 Å². The van der Waals surface area contributed by atoms with E-state index in [1.807, 2.05) is 6.20 Å². The summed E-state index contributed by atoms with van der Waals surface area (Å²) in [5.41, 5.74) is 4.05. The summed E-state index contributed by atoms with van der Waals surface area (Å²) in [5.74, 6) is -0.345. The third-order valence-electron chi connectivity index (χ3n) is 5.58. The standard InChI is InChI=1S/C22H24N4O5S/c1-22(2)9-7-17-15(11-22)12-23-13-18(17)21-25-20(26-31-21)14-3-5-16(6-4-14)32(29,30)24-10-8-19(27)28/h3-6,12-13,24H,7-11H2,1-2H3,(H,27,28). The molecular weight excluding hydrogens is 432 g/mol. The lowest BCUT2D eigenvalue weighted by Gasteiger charge is -2.31. The summed E-state index contributed by atoms with van der Waals surface area (Å²) in [6.45, 7) is 4.32. The van der Waals surface area contributed by atoms with E-state index in [1.54, 1.807) is 18.3 Å². The molecule has 2 aromatic heterocycles. The number of nitrogens with one attached hydrogen (secondary N) is 1. The first-order chi connectivity index (χ1) is 15.1. The van der Waals surface area contributed by atoms with E-state index >= 15 is 0 Å². The average molecular weight is 457 g/mol. The molecule has 1 aliphatic carbocycles. The molecule has 1 aliphatic rings. The van der Waals surface area contributed by atoms with Crippen LogP contribution < -0.4 is 4.72 Å². The molecule has 0 radical (unpaired) electrons. The highest BCUT2D eigenvalue weighted by atomic mass is 32.2. The Kier molecular flexibility index (Phi) is 5.83. The molecule has 0 spiro atoms. The van der Waals surface area contributed by atoms with Gasteiger partial charge >= 0.3 is 5.97 Å². The summed E-state index contributed by atoms with van der Waals surface area (Å²) in [5, 5.41) is 12.7. The fraction of sp³-hybridized carbons (Fsp3) is 0.364. The van der Waals surface area contributed by atoms with E-state index in [1.165, 1.54) is 23.3 Å². The molecular formula is C22H24N4O5S. The highest BCUT2D eigenvalue weighted by Crippen LogP contribution is 2.38. The van der Waals surface area contributed by atoms with Crippen molar-refractivity contribution in [2.75, 3.05) is 6.54 Å². The molecule has 0 aliphatic heterocycles. The van der Waals surface area contributed by atoms with E-state index in [2.05, 4.69) is 33.7 Å². The summed E-state index contributed by atoms with van der Waals surface area (Å²) >= 11 is 0.